The molecule has 1 aromatic carbocycles. The molecule has 1 aromatic rings. The highest BCUT2D eigenvalue weighted by Crippen LogP contribution is 2.35. The number of benzene rings is 1. The molecule has 2 rings (SSSR count). The van der Waals surface area contributed by atoms with Gasteiger partial charge in [-0.25, -0.2) is 0 Å². The van der Waals surface area contributed by atoms with E-state index < -0.39 is 6.10 Å². The number of aliphatic hydroxyl groups is 1. The van der Waals surface area contributed by atoms with Crippen molar-refractivity contribution in [3.8, 4) is 11.5 Å². The molecule has 0 amide bonds. The van der Waals surface area contributed by atoms with Crippen LogP contribution in [-0.4, -0.2) is 51.0 Å². The third-order valence-corrected chi connectivity index (χ3v) is 3.15. The Bertz CT molecular complexity index is 440. The van der Waals surface area contributed by atoms with Crippen LogP contribution in [0.3, 0.4) is 0 Å². The number of aliphatic hydroxyl groups excluding tert-OH is 1. The van der Waals surface area contributed by atoms with Crippen LogP contribution < -0.4 is 14.8 Å². The lowest BCUT2D eigenvalue weighted by Crippen LogP contribution is -2.32. The lowest BCUT2D eigenvalue weighted by atomic mass is 10.2. The molecular weight excluding hydrogens is 274 g/mol. The van der Waals surface area contributed by atoms with Gasteiger partial charge in [0.25, 0.3) is 0 Å². The Morgan fingerprint density at radius 1 is 1.33 bits per heavy atom. The fourth-order valence-corrected chi connectivity index (χ4v) is 2.12. The van der Waals surface area contributed by atoms with E-state index in [0.717, 1.165) is 17.1 Å². The van der Waals surface area contributed by atoms with Crippen molar-refractivity contribution in [2.24, 2.45) is 0 Å². The average Bonchev–Trinajstić information content (AvgIpc) is 2.95. The highest BCUT2D eigenvalue weighted by molar-refractivity contribution is 5.48. The first-order chi connectivity index (χ1) is 10.2. The number of para-hydroxylation sites is 1. The van der Waals surface area contributed by atoms with E-state index in [4.69, 9.17) is 18.9 Å². The summed E-state index contributed by atoms with van der Waals surface area (Å²) in [4.78, 5) is 0. The highest BCUT2D eigenvalue weighted by Gasteiger charge is 2.17. The molecule has 2 atom stereocenters. The zero-order valence-electron chi connectivity index (χ0n) is 12.5. The summed E-state index contributed by atoms with van der Waals surface area (Å²) in [7, 11) is 1.63. The first kappa shape index (κ1) is 16.0. The van der Waals surface area contributed by atoms with Crippen LogP contribution in [0.4, 0.5) is 0 Å². The molecule has 6 nitrogen and oxygen atoms in total. The second-order valence-corrected chi connectivity index (χ2v) is 5.03. The molecule has 21 heavy (non-hydrogen) atoms. The SMILES string of the molecule is COCC(C)OCC(O)CNCc1cccc2c1OCO2. The number of hydrogen-bond donors (Lipinski definition) is 2. The molecule has 0 saturated heterocycles. The van der Waals surface area contributed by atoms with Gasteiger partial charge in [0.05, 0.1) is 25.4 Å². The van der Waals surface area contributed by atoms with Crippen LogP contribution in [0.2, 0.25) is 0 Å². The summed E-state index contributed by atoms with van der Waals surface area (Å²) in [6.45, 7) is 4.04. The van der Waals surface area contributed by atoms with Gasteiger partial charge in [0.1, 0.15) is 0 Å². The summed E-state index contributed by atoms with van der Waals surface area (Å²) in [5.74, 6) is 1.55. The maximum Gasteiger partial charge on any atom is 0.231 e. The van der Waals surface area contributed by atoms with Crippen molar-refractivity contribution in [3.05, 3.63) is 23.8 Å². The average molecular weight is 297 g/mol. The van der Waals surface area contributed by atoms with Crippen molar-refractivity contribution in [1.29, 1.82) is 0 Å². The van der Waals surface area contributed by atoms with E-state index in [1.807, 2.05) is 25.1 Å². The molecule has 1 aliphatic heterocycles. The van der Waals surface area contributed by atoms with Gasteiger partial charge in [-0.05, 0) is 13.0 Å². The summed E-state index contributed by atoms with van der Waals surface area (Å²) in [5, 5.41) is 13.0. The predicted octanol–water partition coefficient (Wildman–Crippen LogP) is 0.917. The normalized spacial score (nSPS) is 16.0. The van der Waals surface area contributed by atoms with Crippen LogP contribution in [0.5, 0.6) is 11.5 Å². The van der Waals surface area contributed by atoms with Crippen LogP contribution in [0.15, 0.2) is 18.2 Å². The fraction of sp³-hybridized carbons (Fsp3) is 0.600. The Hall–Kier alpha value is -1.34. The summed E-state index contributed by atoms with van der Waals surface area (Å²) in [5.41, 5.74) is 1.02. The second kappa shape index (κ2) is 8.19. The van der Waals surface area contributed by atoms with Gasteiger partial charge in [-0.2, -0.15) is 0 Å². The number of methoxy groups -OCH3 is 1. The van der Waals surface area contributed by atoms with Crippen LogP contribution >= 0.6 is 0 Å². The summed E-state index contributed by atoms with van der Waals surface area (Å²) >= 11 is 0. The Balaban J connectivity index is 1.69. The zero-order valence-corrected chi connectivity index (χ0v) is 12.5. The molecule has 0 saturated carbocycles. The Morgan fingerprint density at radius 2 is 2.19 bits per heavy atom. The van der Waals surface area contributed by atoms with Gasteiger partial charge in [-0.1, -0.05) is 12.1 Å². The number of hydrogen-bond acceptors (Lipinski definition) is 6. The van der Waals surface area contributed by atoms with Crippen molar-refractivity contribution in [2.45, 2.75) is 25.7 Å². The lowest BCUT2D eigenvalue weighted by molar-refractivity contribution is -0.0311. The number of rotatable bonds is 9. The largest absolute Gasteiger partial charge is 0.454 e. The third kappa shape index (κ3) is 4.86. The third-order valence-electron chi connectivity index (χ3n) is 3.15. The molecular formula is C15H23NO5. The molecule has 0 aromatic heterocycles. The quantitative estimate of drug-likeness (QED) is 0.706. The van der Waals surface area contributed by atoms with Gasteiger partial charge in [0.2, 0.25) is 6.79 Å². The molecule has 0 spiro atoms. The minimum absolute atomic E-state index is 0.0207. The van der Waals surface area contributed by atoms with E-state index in [-0.39, 0.29) is 19.5 Å². The minimum atomic E-state index is -0.557. The zero-order chi connectivity index (χ0) is 15.1. The number of fused-ring (bicyclic) bond motifs is 1. The highest BCUT2D eigenvalue weighted by atomic mass is 16.7. The summed E-state index contributed by atoms with van der Waals surface area (Å²) in [6, 6.07) is 5.78. The second-order valence-electron chi connectivity index (χ2n) is 5.03. The van der Waals surface area contributed by atoms with Gasteiger partial charge in [-0.15, -0.1) is 0 Å². The van der Waals surface area contributed by atoms with E-state index in [1.54, 1.807) is 7.11 Å². The first-order valence-electron chi connectivity index (χ1n) is 7.07. The van der Waals surface area contributed by atoms with Gasteiger partial charge >= 0.3 is 0 Å². The fourth-order valence-electron chi connectivity index (χ4n) is 2.12. The summed E-state index contributed by atoms with van der Waals surface area (Å²) < 4.78 is 21.2. The van der Waals surface area contributed by atoms with E-state index in [9.17, 15) is 5.11 Å². The van der Waals surface area contributed by atoms with Gasteiger partial charge in [-0.3, -0.25) is 0 Å². The van der Waals surface area contributed by atoms with Crippen molar-refractivity contribution >= 4 is 0 Å². The van der Waals surface area contributed by atoms with E-state index in [0.29, 0.717) is 19.7 Å². The van der Waals surface area contributed by atoms with Gasteiger partial charge < -0.3 is 29.4 Å². The minimum Gasteiger partial charge on any atom is -0.454 e. The lowest BCUT2D eigenvalue weighted by Gasteiger charge is -2.16. The van der Waals surface area contributed by atoms with Crippen molar-refractivity contribution in [3.63, 3.8) is 0 Å². The number of nitrogens with one attached hydrogen (secondary N) is 1. The van der Waals surface area contributed by atoms with Crippen molar-refractivity contribution in [2.75, 3.05) is 33.7 Å². The molecule has 0 bridgehead atoms. The van der Waals surface area contributed by atoms with Crippen LogP contribution in [0.25, 0.3) is 0 Å². The molecule has 2 N–H and O–H groups in total. The van der Waals surface area contributed by atoms with Crippen molar-refractivity contribution < 1.29 is 24.1 Å². The van der Waals surface area contributed by atoms with Crippen LogP contribution in [0, 0.1) is 0 Å². The molecule has 2 unspecified atom stereocenters. The molecule has 118 valence electrons. The smallest absolute Gasteiger partial charge is 0.231 e. The maximum absolute atomic E-state index is 9.85. The molecule has 0 fully saturated rings. The van der Waals surface area contributed by atoms with E-state index >= 15 is 0 Å². The summed E-state index contributed by atoms with van der Waals surface area (Å²) in [6.07, 6.45) is -0.578. The monoisotopic (exact) mass is 297 g/mol. The Labute approximate surface area is 125 Å². The Kier molecular flexibility index (Phi) is 6.25. The van der Waals surface area contributed by atoms with Gasteiger partial charge in [0.15, 0.2) is 11.5 Å². The van der Waals surface area contributed by atoms with E-state index in [2.05, 4.69) is 5.32 Å². The molecule has 1 heterocycles. The van der Waals surface area contributed by atoms with Crippen molar-refractivity contribution in [1.82, 2.24) is 5.32 Å². The van der Waals surface area contributed by atoms with Gasteiger partial charge in [0, 0.05) is 25.8 Å². The van der Waals surface area contributed by atoms with Crippen LogP contribution in [0.1, 0.15) is 12.5 Å². The molecule has 0 radical (unpaired) electrons. The molecule has 1 aliphatic rings. The van der Waals surface area contributed by atoms with E-state index in [1.165, 1.54) is 0 Å². The maximum atomic E-state index is 9.85. The predicted molar refractivity (Wildman–Crippen MR) is 77.6 cm³/mol. The topological polar surface area (TPSA) is 69.2 Å². The first-order valence-corrected chi connectivity index (χ1v) is 7.07. The van der Waals surface area contributed by atoms with Crippen LogP contribution in [-0.2, 0) is 16.0 Å². The molecule has 0 aliphatic carbocycles. The number of ether oxygens (including phenoxy) is 4. The Morgan fingerprint density at radius 3 is 3.00 bits per heavy atom. The molecule has 6 heteroatoms. The standard InChI is InChI=1S/C15H23NO5/c1-11(8-18-2)19-9-13(17)7-16-6-12-4-3-5-14-15(12)21-10-20-14/h3-5,11,13,16-17H,6-10H2,1-2H3.